The molecule has 0 aliphatic carbocycles. The van der Waals surface area contributed by atoms with Crippen molar-refractivity contribution in [3.8, 4) is 0 Å². The summed E-state index contributed by atoms with van der Waals surface area (Å²) in [6.45, 7) is 9.47. The average Bonchev–Trinajstić information content (AvgIpc) is 3.38. The number of aliphatic hydroxyl groups excluding tert-OH is 1. The number of aliphatic hydroxyl groups is 1. The molecule has 3 N–H and O–H groups in total. The number of ketones is 1. The van der Waals surface area contributed by atoms with E-state index in [0.717, 1.165) is 5.56 Å². The number of ether oxygens (including phenoxy) is 2. The second-order valence-corrected chi connectivity index (χ2v) is 9.42. The maximum absolute atomic E-state index is 13.1. The van der Waals surface area contributed by atoms with Gasteiger partial charge >= 0.3 is 11.9 Å². The van der Waals surface area contributed by atoms with Gasteiger partial charge in [-0.25, -0.2) is 13.6 Å². The maximum atomic E-state index is 13.1. The molecule has 0 radical (unpaired) electrons. The summed E-state index contributed by atoms with van der Waals surface area (Å²) < 4.78 is 41.4. The molecule has 0 saturated heterocycles. The smallest absolute Gasteiger partial charge is 0.343 e. The van der Waals surface area contributed by atoms with E-state index in [0.29, 0.717) is 17.0 Å². The number of rotatable bonds is 9. The number of carbonyl (C=O) groups is 3. The molecule has 0 spiro atoms. The number of benzene rings is 2. The highest BCUT2D eigenvalue weighted by atomic mass is 35.5. The molecule has 0 aliphatic heterocycles. The highest BCUT2D eigenvalue weighted by molar-refractivity contribution is 6.21. The van der Waals surface area contributed by atoms with Crippen LogP contribution in [-0.4, -0.2) is 52.6 Å². The van der Waals surface area contributed by atoms with Gasteiger partial charge in [0.25, 0.3) is 0 Å². The Kier molecular flexibility index (Phi) is 16.3. The SMILES string of the molecule is CCOC(=O)c1c(C)noc1C(OC(C)=O)c1ccc(F)cc1.CN=C(C)C(C(C)=O)=C(O)C(C)c1ccc(F)cc1.ONCl. The molecule has 11 nitrogen and oxygen atoms in total. The highest BCUT2D eigenvalue weighted by Gasteiger charge is 2.31. The number of aliphatic imine (C=N–C) groups is 1. The predicted octanol–water partition coefficient (Wildman–Crippen LogP) is 6.49. The van der Waals surface area contributed by atoms with Crippen LogP contribution in [0.1, 0.15) is 79.6 Å². The zero-order chi connectivity index (χ0) is 34.3. The first kappa shape index (κ1) is 38.6. The molecule has 1 aromatic heterocycles. The lowest BCUT2D eigenvalue weighted by Gasteiger charge is -2.16. The van der Waals surface area contributed by atoms with Crippen molar-refractivity contribution in [1.82, 2.24) is 10.2 Å². The van der Waals surface area contributed by atoms with E-state index in [1.807, 2.05) is 0 Å². The molecule has 14 heteroatoms. The number of Topliss-reactive ketones (excluding diaryl/α,β-unsaturated/α-hetero) is 1. The van der Waals surface area contributed by atoms with Gasteiger partial charge in [0, 0.05) is 42.9 Å². The van der Waals surface area contributed by atoms with Crippen LogP contribution in [0, 0.1) is 18.6 Å². The van der Waals surface area contributed by atoms with Crippen molar-refractivity contribution in [2.24, 2.45) is 4.99 Å². The summed E-state index contributed by atoms with van der Waals surface area (Å²) in [5.41, 5.74) is 2.31. The van der Waals surface area contributed by atoms with Gasteiger partial charge in [-0.2, -0.15) is 0 Å². The molecule has 0 amide bonds. The molecular formula is C31H36ClF2N3O8. The summed E-state index contributed by atoms with van der Waals surface area (Å²) in [5.74, 6) is -2.60. The van der Waals surface area contributed by atoms with Gasteiger partial charge in [-0.3, -0.25) is 14.6 Å². The Morgan fingerprint density at radius 2 is 1.51 bits per heavy atom. The number of allylic oxidation sites excluding steroid dienone is 2. The number of hydrogen-bond acceptors (Lipinski definition) is 11. The number of aromatic nitrogens is 1. The van der Waals surface area contributed by atoms with E-state index >= 15 is 0 Å². The van der Waals surface area contributed by atoms with Crippen molar-refractivity contribution in [3.05, 3.63) is 99.6 Å². The van der Waals surface area contributed by atoms with Gasteiger partial charge in [-0.15, -0.1) is 5.00 Å². The zero-order valence-corrected chi connectivity index (χ0v) is 26.6. The Bertz CT molecular complexity index is 1490. The summed E-state index contributed by atoms with van der Waals surface area (Å²) in [6, 6.07) is 11.2. The van der Waals surface area contributed by atoms with E-state index in [2.05, 4.69) is 21.9 Å². The minimum atomic E-state index is -1.02. The molecule has 0 aliphatic rings. The van der Waals surface area contributed by atoms with Crippen molar-refractivity contribution >= 4 is 35.2 Å². The van der Waals surface area contributed by atoms with Gasteiger partial charge < -0.3 is 24.3 Å². The Balaban J connectivity index is 0.000000421. The molecule has 2 aromatic carbocycles. The molecule has 45 heavy (non-hydrogen) atoms. The zero-order valence-electron chi connectivity index (χ0n) is 25.9. The van der Waals surface area contributed by atoms with Gasteiger partial charge in [-0.05, 0) is 57.5 Å². The quantitative estimate of drug-likeness (QED) is 0.0582. The molecule has 0 saturated carbocycles. The molecule has 244 valence electrons. The number of esters is 2. The third-order valence-electron chi connectivity index (χ3n) is 6.15. The number of hydrogen-bond donors (Lipinski definition) is 3. The standard InChI is InChI=1S/C16H16FNO5.C15H18FNO2.ClH2NO/c1-4-21-16(20)13-9(2)18-23-15(13)14(22-10(3)19)11-5-7-12(17)8-6-11;1-9(12-5-7-13(16)8-6-12)15(19)14(11(3)18)10(2)17-4;1-2-3/h5-8,14H,4H2,1-3H3;5-9,19H,1-4H3;2-3H. The Morgan fingerprint density at radius 3 is 1.93 bits per heavy atom. The van der Waals surface area contributed by atoms with Crippen LogP contribution < -0.4 is 5.00 Å². The van der Waals surface area contributed by atoms with E-state index in [-0.39, 0.29) is 40.9 Å². The topological polar surface area (TPSA) is 161 Å². The lowest BCUT2D eigenvalue weighted by Crippen LogP contribution is -2.15. The number of carbonyl (C=O) groups excluding carboxylic acids is 3. The van der Waals surface area contributed by atoms with Crippen LogP contribution in [0.5, 0.6) is 0 Å². The number of nitrogens with zero attached hydrogens (tertiary/aromatic N) is 2. The summed E-state index contributed by atoms with van der Waals surface area (Å²) in [5, 5.41) is 21.1. The lowest BCUT2D eigenvalue weighted by molar-refractivity contribution is -0.145. The summed E-state index contributed by atoms with van der Waals surface area (Å²) in [7, 11) is 1.56. The molecule has 0 bridgehead atoms. The minimum Gasteiger partial charge on any atom is -0.511 e. The van der Waals surface area contributed by atoms with E-state index in [1.54, 1.807) is 46.9 Å². The van der Waals surface area contributed by atoms with E-state index in [9.17, 15) is 28.3 Å². The first-order valence-corrected chi connectivity index (χ1v) is 13.8. The fourth-order valence-corrected chi connectivity index (χ4v) is 3.95. The van der Waals surface area contributed by atoms with Gasteiger partial charge in [0.05, 0.1) is 17.9 Å². The van der Waals surface area contributed by atoms with E-state index < -0.39 is 29.8 Å². The van der Waals surface area contributed by atoms with Crippen LogP contribution in [0.15, 0.2) is 69.4 Å². The number of aryl methyl sites for hydroxylation is 1. The Labute approximate surface area is 264 Å². The maximum Gasteiger partial charge on any atom is 0.343 e. The van der Waals surface area contributed by atoms with Gasteiger partial charge in [-0.1, -0.05) is 36.3 Å². The summed E-state index contributed by atoms with van der Waals surface area (Å²) >= 11 is 4.30. The van der Waals surface area contributed by atoms with Crippen molar-refractivity contribution in [3.63, 3.8) is 0 Å². The van der Waals surface area contributed by atoms with Crippen molar-refractivity contribution < 1.29 is 47.5 Å². The fourth-order valence-electron chi connectivity index (χ4n) is 3.95. The summed E-state index contributed by atoms with van der Waals surface area (Å²) in [4.78, 5) is 40.3. The van der Waals surface area contributed by atoms with Crippen molar-refractivity contribution in [2.75, 3.05) is 13.7 Å². The molecule has 2 unspecified atom stereocenters. The predicted molar refractivity (Wildman–Crippen MR) is 162 cm³/mol. The first-order chi connectivity index (χ1) is 21.2. The van der Waals surface area contributed by atoms with Crippen LogP contribution in [0.4, 0.5) is 8.78 Å². The van der Waals surface area contributed by atoms with E-state index in [4.69, 9.17) is 19.2 Å². The molecule has 1 heterocycles. The van der Waals surface area contributed by atoms with Crippen LogP contribution in [0.3, 0.4) is 0 Å². The highest BCUT2D eigenvalue weighted by Crippen LogP contribution is 2.31. The normalized spacial score (nSPS) is 12.7. The Hall–Kier alpha value is -4.46. The third-order valence-corrected chi connectivity index (χ3v) is 6.15. The Morgan fingerprint density at radius 1 is 1.02 bits per heavy atom. The average molecular weight is 652 g/mol. The third kappa shape index (κ3) is 11.5. The van der Waals surface area contributed by atoms with Crippen molar-refractivity contribution in [2.45, 2.75) is 53.6 Å². The van der Waals surface area contributed by atoms with Gasteiger partial charge in [0.1, 0.15) is 23.0 Å². The van der Waals surface area contributed by atoms with Crippen molar-refractivity contribution in [1.29, 1.82) is 0 Å². The molecule has 0 fully saturated rings. The number of halogens is 3. The molecule has 3 aromatic rings. The van der Waals surface area contributed by atoms with Gasteiger partial charge in [0.15, 0.2) is 17.6 Å². The molecular weight excluding hydrogens is 616 g/mol. The van der Waals surface area contributed by atoms with Gasteiger partial charge in [0.2, 0.25) is 0 Å². The van der Waals surface area contributed by atoms with Crippen LogP contribution in [0.2, 0.25) is 0 Å². The fraction of sp³-hybridized carbons (Fsp3) is 0.323. The molecule has 2 atom stereocenters. The number of nitrogens with one attached hydrogen (secondary N) is 1. The first-order valence-electron chi connectivity index (χ1n) is 13.4. The van der Waals surface area contributed by atoms with Crippen LogP contribution in [-0.2, 0) is 19.1 Å². The van der Waals surface area contributed by atoms with E-state index in [1.165, 1.54) is 55.2 Å². The minimum absolute atomic E-state index is 0.0396. The second-order valence-electron chi connectivity index (χ2n) is 9.25. The van der Waals surface area contributed by atoms with Crippen LogP contribution in [0.25, 0.3) is 0 Å². The molecule has 3 rings (SSSR count). The monoisotopic (exact) mass is 651 g/mol. The summed E-state index contributed by atoms with van der Waals surface area (Å²) in [6.07, 6.45) is -1.02. The largest absolute Gasteiger partial charge is 0.511 e. The second kappa shape index (κ2) is 19.0. The van der Waals surface area contributed by atoms with Crippen LogP contribution >= 0.6 is 11.8 Å². The lowest BCUT2D eigenvalue weighted by atomic mass is 9.93.